The minimum absolute atomic E-state index is 0.0261. The van der Waals surface area contributed by atoms with E-state index in [0.29, 0.717) is 0 Å². The van der Waals surface area contributed by atoms with E-state index in [1.54, 1.807) is 6.07 Å². The van der Waals surface area contributed by atoms with Crippen LogP contribution in [0.2, 0.25) is 0 Å². The molecule has 0 radical (unpaired) electrons. The third-order valence-corrected chi connectivity index (χ3v) is 4.13. The van der Waals surface area contributed by atoms with Gasteiger partial charge in [-0.1, -0.05) is 20.8 Å². The molecule has 0 spiro atoms. The lowest BCUT2D eigenvalue weighted by molar-refractivity contribution is 0.567. The summed E-state index contributed by atoms with van der Waals surface area (Å²) in [6.45, 7) is 5.97. The van der Waals surface area contributed by atoms with Crippen molar-refractivity contribution in [1.82, 2.24) is 15.2 Å². The van der Waals surface area contributed by atoms with Crippen molar-refractivity contribution in [2.24, 2.45) is 0 Å². The van der Waals surface area contributed by atoms with Crippen LogP contribution in [0.3, 0.4) is 0 Å². The zero-order valence-corrected chi connectivity index (χ0v) is 12.7. The van der Waals surface area contributed by atoms with E-state index in [4.69, 9.17) is 5.26 Å². The molecule has 8 heteroatoms. The lowest BCUT2D eigenvalue weighted by Gasteiger charge is -2.14. The predicted molar refractivity (Wildman–Crippen MR) is 77.0 cm³/mol. The summed E-state index contributed by atoms with van der Waals surface area (Å²) in [6, 6.07) is 6.15. The molecule has 2 rings (SSSR count). The number of pyridine rings is 1. The number of anilines is 1. The van der Waals surface area contributed by atoms with E-state index in [1.807, 2.05) is 26.8 Å². The van der Waals surface area contributed by atoms with Gasteiger partial charge in [0.1, 0.15) is 16.7 Å². The van der Waals surface area contributed by atoms with Gasteiger partial charge in [-0.05, 0) is 12.1 Å². The summed E-state index contributed by atoms with van der Waals surface area (Å²) in [5.41, 5.74) is 0.814. The second-order valence-electron chi connectivity index (χ2n) is 5.51. The summed E-state index contributed by atoms with van der Waals surface area (Å²) in [7, 11) is -3.77. The van der Waals surface area contributed by atoms with Crippen molar-refractivity contribution < 1.29 is 8.42 Å². The van der Waals surface area contributed by atoms with E-state index in [9.17, 15) is 8.42 Å². The minimum atomic E-state index is -3.77. The number of aromatic amines is 1. The van der Waals surface area contributed by atoms with Crippen LogP contribution in [0, 0.1) is 11.3 Å². The van der Waals surface area contributed by atoms with Crippen molar-refractivity contribution in [1.29, 1.82) is 5.26 Å². The van der Waals surface area contributed by atoms with E-state index in [-0.39, 0.29) is 21.8 Å². The highest BCUT2D eigenvalue weighted by Gasteiger charge is 2.20. The van der Waals surface area contributed by atoms with Gasteiger partial charge in [0, 0.05) is 23.4 Å². The van der Waals surface area contributed by atoms with Crippen LogP contribution in [-0.2, 0) is 15.4 Å². The summed E-state index contributed by atoms with van der Waals surface area (Å²) in [5, 5.41) is 15.4. The smallest absolute Gasteiger partial charge is 0.264 e. The molecule has 0 bridgehead atoms. The number of H-pyrrole nitrogens is 1. The van der Waals surface area contributed by atoms with Crippen LogP contribution in [0.4, 0.5) is 5.82 Å². The van der Waals surface area contributed by atoms with Crippen LogP contribution in [0.15, 0.2) is 29.3 Å². The molecule has 2 aromatic rings. The van der Waals surface area contributed by atoms with Crippen LogP contribution < -0.4 is 4.72 Å². The molecule has 7 nitrogen and oxygen atoms in total. The largest absolute Gasteiger partial charge is 0.280 e. The Morgan fingerprint density at radius 2 is 2.05 bits per heavy atom. The molecule has 0 saturated carbocycles. The van der Waals surface area contributed by atoms with Gasteiger partial charge in [0.25, 0.3) is 10.0 Å². The Hall–Kier alpha value is -2.40. The van der Waals surface area contributed by atoms with Gasteiger partial charge < -0.3 is 0 Å². The molecule has 0 aliphatic heterocycles. The summed E-state index contributed by atoms with van der Waals surface area (Å²) in [4.78, 5) is 3.71. The topological polar surface area (TPSA) is 112 Å². The normalized spacial score (nSPS) is 11.9. The van der Waals surface area contributed by atoms with Crippen molar-refractivity contribution in [2.45, 2.75) is 31.1 Å². The first-order valence-electron chi connectivity index (χ1n) is 6.17. The van der Waals surface area contributed by atoms with Crippen LogP contribution >= 0.6 is 0 Å². The van der Waals surface area contributed by atoms with Gasteiger partial charge in [0.15, 0.2) is 5.82 Å². The van der Waals surface area contributed by atoms with E-state index in [0.717, 1.165) is 11.9 Å². The Labute approximate surface area is 123 Å². The standard InChI is InChI=1S/C13H15N5O2S/c1-13(2,3)11-6-12(17-16-11)18-21(19,20)10-5-4-9(7-14)15-8-10/h4-6,8H,1-3H3,(H2,16,17,18). The summed E-state index contributed by atoms with van der Waals surface area (Å²) < 4.78 is 26.7. The lowest BCUT2D eigenvalue weighted by atomic mass is 9.92. The van der Waals surface area contributed by atoms with Gasteiger partial charge in [0.2, 0.25) is 0 Å². The first kappa shape index (κ1) is 15.0. The molecule has 0 fully saturated rings. The fraction of sp³-hybridized carbons (Fsp3) is 0.308. The molecule has 2 N–H and O–H groups in total. The number of nitriles is 1. The Bertz CT molecular complexity index is 779. The van der Waals surface area contributed by atoms with Crippen LogP contribution in [0.1, 0.15) is 32.2 Å². The van der Waals surface area contributed by atoms with Crippen molar-refractivity contribution in [3.63, 3.8) is 0 Å². The fourth-order valence-electron chi connectivity index (χ4n) is 1.56. The molecule has 0 aliphatic rings. The molecular formula is C13H15N5O2S. The molecule has 2 heterocycles. The van der Waals surface area contributed by atoms with E-state index < -0.39 is 10.0 Å². The minimum Gasteiger partial charge on any atom is -0.280 e. The molecule has 110 valence electrons. The van der Waals surface area contributed by atoms with Gasteiger partial charge in [-0.15, -0.1) is 0 Å². The molecular weight excluding hydrogens is 290 g/mol. The summed E-state index contributed by atoms with van der Waals surface area (Å²) >= 11 is 0. The third-order valence-electron chi connectivity index (χ3n) is 2.79. The Morgan fingerprint density at radius 3 is 2.52 bits per heavy atom. The van der Waals surface area contributed by atoms with Gasteiger partial charge in [-0.25, -0.2) is 13.4 Å². The van der Waals surface area contributed by atoms with Crippen molar-refractivity contribution in [3.8, 4) is 6.07 Å². The maximum absolute atomic E-state index is 12.2. The molecule has 2 aromatic heterocycles. The SMILES string of the molecule is CC(C)(C)c1cc(NS(=O)(=O)c2ccc(C#N)nc2)n[nH]1. The Morgan fingerprint density at radius 1 is 1.33 bits per heavy atom. The average molecular weight is 305 g/mol. The van der Waals surface area contributed by atoms with Crippen LogP contribution in [0.5, 0.6) is 0 Å². The second kappa shape index (κ2) is 5.18. The monoisotopic (exact) mass is 305 g/mol. The number of sulfonamides is 1. The summed E-state index contributed by atoms with van der Waals surface area (Å²) in [6.07, 6.45) is 1.14. The molecule has 21 heavy (non-hydrogen) atoms. The van der Waals surface area contributed by atoms with E-state index in [1.165, 1.54) is 12.1 Å². The van der Waals surface area contributed by atoms with Crippen molar-refractivity contribution in [2.75, 3.05) is 4.72 Å². The van der Waals surface area contributed by atoms with Gasteiger partial charge in [-0.3, -0.25) is 9.82 Å². The van der Waals surface area contributed by atoms with Crippen LogP contribution in [-0.4, -0.2) is 23.6 Å². The van der Waals surface area contributed by atoms with E-state index >= 15 is 0 Å². The highest BCUT2D eigenvalue weighted by atomic mass is 32.2. The Balaban J connectivity index is 2.25. The highest BCUT2D eigenvalue weighted by molar-refractivity contribution is 7.92. The van der Waals surface area contributed by atoms with Crippen molar-refractivity contribution in [3.05, 3.63) is 35.8 Å². The lowest BCUT2D eigenvalue weighted by Crippen LogP contribution is -2.13. The number of nitrogens with zero attached hydrogens (tertiary/aromatic N) is 3. The predicted octanol–water partition coefficient (Wildman–Crippen LogP) is 1.77. The van der Waals surface area contributed by atoms with Gasteiger partial charge in [0.05, 0.1) is 0 Å². The maximum atomic E-state index is 12.2. The Kier molecular flexibility index (Phi) is 3.70. The molecule has 0 aliphatic carbocycles. The maximum Gasteiger partial charge on any atom is 0.264 e. The number of rotatable bonds is 3. The molecule has 0 saturated heterocycles. The fourth-order valence-corrected chi connectivity index (χ4v) is 2.50. The van der Waals surface area contributed by atoms with E-state index in [2.05, 4.69) is 19.9 Å². The quantitative estimate of drug-likeness (QED) is 0.897. The summed E-state index contributed by atoms with van der Waals surface area (Å²) in [5.74, 6) is 0.212. The second-order valence-corrected chi connectivity index (χ2v) is 7.20. The number of nitrogens with one attached hydrogen (secondary N) is 2. The molecule has 0 aromatic carbocycles. The van der Waals surface area contributed by atoms with Crippen LogP contribution in [0.25, 0.3) is 0 Å². The van der Waals surface area contributed by atoms with Gasteiger partial charge in [-0.2, -0.15) is 10.4 Å². The third kappa shape index (κ3) is 3.38. The zero-order chi connectivity index (χ0) is 15.7. The number of hydrogen-bond donors (Lipinski definition) is 2. The first-order valence-corrected chi connectivity index (χ1v) is 7.65. The number of hydrogen-bond acceptors (Lipinski definition) is 5. The molecule has 0 amide bonds. The molecule has 0 unspecified atom stereocenters. The highest BCUT2D eigenvalue weighted by Crippen LogP contribution is 2.23. The first-order chi connectivity index (χ1) is 9.72. The molecule has 0 atom stereocenters. The van der Waals surface area contributed by atoms with Crippen molar-refractivity contribution >= 4 is 15.8 Å². The average Bonchev–Trinajstić information content (AvgIpc) is 2.86. The van der Waals surface area contributed by atoms with Gasteiger partial charge >= 0.3 is 0 Å². The zero-order valence-electron chi connectivity index (χ0n) is 11.9. The number of aromatic nitrogens is 3.